The minimum Gasteiger partial charge on any atom is -0.494 e. The molecule has 116 valence electrons. The zero-order valence-corrected chi connectivity index (χ0v) is 13.5. The monoisotopic (exact) mass is 307 g/mol. The molecule has 3 unspecified atom stereocenters. The Morgan fingerprint density at radius 3 is 2.90 bits per heavy atom. The van der Waals surface area contributed by atoms with Crippen LogP contribution in [0.2, 0.25) is 0 Å². The normalized spacial score (nSPS) is 30.5. The number of rotatable bonds is 4. The van der Waals surface area contributed by atoms with Crippen molar-refractivity contribution in [2.45, 2.75) is 37.8 Å². The van der Waals surface area contributed by atoms with Crippen LogP contribution in [0.15, 0.2) is 24.3 Å². The largest absolute Gasteiger partial charge is 0.494 e. The maximum atomic E-state index is 6.54. The Kier molecular flexibility index (Phi) is 4.77. The van der Waals surface area contributed by atoms with E-state index in [-0.39, 0.29) is 11.6 Å². The molecule has 3 nitrogen and oxygen atoms in total. The van der Waals surface area contributed by atoms with Crippen LogP contribution in [0, 0.1) is 5.92 Å². The van der Waals surface area contributed by atoms with Crippen molar-refractivity contribution in [2.24, 2.45) is 11.7 Å². The average molecular weight is 307 g/mol. The summed E-state index contributed by atoms with van der Waals surface area (Å²) in [6, 6.07) is 8.38. The molecule has 1 aromatic rings. The van der Waals surface area contributed by atoms with E-state index < -0.39 is 0 Å². The molecule has 0 saturated carbocycles. The van der Waals surface area contributed by atoms with Crippen molar-refractivity contribution in [1.29, 1.82) is 0 Å². The van der Waals surface area contributed by atoms with Crippen molar-refractivity contribution in [3.05, 3.63) is 29.8 Å². The van der Waals surface area contributed by atoms with Crippen molar-refractivity contribution in [2.75, 3.05) is 24.7 Å². The van der Waals surface area contributed by atoms with Gasteiger partial charge in [0.25, 0.3) is 0 Å². The number of hydrogen-bond acceptors (Lipinski definition) is 4. The van der Waals surface area contributed by atoms with Gasteiger partial charge in [-0.2, -0.15) is 11.8 Å². The van der Waals surface area contributed by atoms with Gasteiger partial charge in [-0.1, -0.05) is 12.1 Å². The van der Waals surface area contributed by atoms with Crippen molar-refractivity contribution >= 4 is 11.8 Å². The predicted molar refractivity (Wildman–Crippen MR) is 87.9 cm³/mol. The summed E-state index contributed by atoms with van der Waals surface area (Å²) in [5, 5.41) is 0. The molecule has 0 amide bonds. The Morgan fingerprint density at radius 2 is 2.24 bits per heavy atom. The number of ether oxygens (including phenoxy) is 2. The fourth-order valence-corrected chi connectivity index (χ4v) is 4.84. The van der Waals surface area contributed by atoms with Crippen molar-refractivity contribution in [1.82, 2.24) is 0 Å². The summed E-state index contributed by atoms with van der Waals surface area (Å²) in [6.45, 7) is 3.56. The summed E-state index contributed by atoms with van der Waals surface area (Å²) >= 11 is 2.01. The standard InChI is InChI=1S/C17H25NO2S/c1-2-19-15-5-3-13(4-6-15)16(18)14-7-9-20-17(11-14)8-10-21-12-17/h3-6,14,16H,2,7-12,18H2,1H3. The second kappa shape index (κ2) is 6.59. The van der Waals surface area contributed by atoms with Gasteiger partial charge >= 0.3 is 0 Å². The highest BCUT2D eigenvalue weighted by molar-refractivity contribution is 7.99. The van der Waals surface area contributed by atoms with Gasteiger partial charge in [0.15, 0.2) is 0 Å². The number of thioether (sulfide) groups is 1. The van der Waals surface area contributed by atoms with Crippen molar-refractivity contribution in [3.63, 3.8) is 0 Å². The van der Waals surface area contributed by atoms with Crippen LogP contribution >= 0.6 is 11.8 Å². The van der Waals surface area contributed by atoms with Crippen molar-refractivity contribution < 1.29 is 9.47 Å². The molecule has 1 aromatic carbocycles. The molecule has 2 saturated heterocycles. The quantitative estimate of drug-likeness (QED) is 0.926. The number of hydrogen-bond donors (Lipinski definition) is 1. The molecule has 0 bridgehead atoms. The van der Waals surface area contributed by atoms with Crippen LogP contribution in [0.1, 0.15) is 37.8 Å². The van der Waals surface area contributed by atoms with Crippen LogP contribution < -0.4 is 10.5 Å². The first kappa shape index (κ1) is 15.2. The maximum absolute atomic E-state index is 6.54. The predicted octanol–water partition coefficient (Wildman–Crippen LogP) is 3.39. The molecular weight excluding hydrogens is 282 g/mol. The summed E-state index contributed by atoms with van der Waals surface area (Å²) in [6.07, 6.45) is 3.36. The van der Waals surface area contributed by atoms with E-state index in [1.165, 1.54) is 17.7 Å². The lowest BCUT2D eigenvalue weighted by atomic mass is 9.79. The summed E-state index contributed by atoms with van der Waals surface area (Å²) < 4.78 is 11.6. The molecular formula is C17H25NO2S. The van der Waals surface area contributed by atoms with Crippen LogP contribution in [-0.4, -0.2) is 30.3 Å². The molecule has 2 aliphatic heterocycles. The second-order valence-corrected chi connectivity index (χ2v) is 7.22. The van der Waals surface area contributed by atoms with E-state index in [1.54, 1.807) is 0 Å². The molecule has 2 heterocycles. The minimum atomic E-state index is 0.104. The third-order valence-corrected chi connectivity index (χ3v) is 5.91. The maximum Gasteiger partial charge on any atom is 0.119 e. The summed E-state index contributed by atoms with van der Waals surface area (Å²) in [5.74, 6) is 3.81. The molecule has 21 heavy (non-hydrogen) atoms. The van der Waals surface area contributed by atoms with Crippen LogP contribution in [0.25, 0.3) is 0 Å². The fraction of sp³-hybridized carbons (Fsp3) is 0.647. The first-order valence-electron chi connectivity index (χ1n) is 7.92. The highest BCUT2D eigenvalue weighted by atomic mass is 32.2. The van der Waals surface area contributed by atoms with E-state index in [1.807, 2.05) is 30.8 Å². The zero-order valence-electron chi connectivity index (χ0n) is 12.7. The SMILES string of the molecule is CCOc1ccc(C(N)C2CCOC3(CCSC3)C2)cc1. The summed E-state index contributed by atoms with van der Waals surface area (Å²) in [7, 11) is 0. The molecule has 4 heteroatoms. The van der Waals surface area contributed by atoms with E-state index in [2.05, 4.69) is 12.1 Å². The Balaban J connectivity index is 1.67. The van der Waals surface area contributed by atoms with Gasteiger partial charge in [-0.05, 0) is 55.6 Å². The van der Waals surface area contributed by atoms with Gasteiger partial charge in [0, 0.05) is 18.4 Å². The average Bonchev–Trinajstić information content (AvgIpc) is 2.95. The fourth-order valence-electron chi connectivity index (χ4n) is 3.46. The molecule has 3 atom stereocenters. The van der Waals surface area contributed by atoms with E-state index >= 15 is 0 Å². The Bertz CT molecular complexity index is 456. The van der Waals surface area contributed by atoms with Crippen LogP contribution in [-0.2, 0) is 4.74 Å². The van der Waals surface area contributed by atoms with Crippen molar-refractivity contribution in [3.8, 4) is 5.75 Å². The molecule has 0 aliphatic carbocycles. The van der Waals surface area contributed by atoms with Crippen LogP contribution in [0.3, 0.4) is 0 Å². The zero-order chi connectivity index (χ0) is 14.7. The Morgan fingerprint density at radius 1 is 1.43 bits per heavy atom. The van der Waals surface area contributed by atoms with Gasteiger partial charge in [0.05, 0.1) is 12.2 Å². The van der Waals surface area contributed by atoms with Crippen LogP contribution in [0.4, 0.5) is 0 Å². The molecule has 1 spiro atoms. The minimum absolute atomic E-state index is 0.104. The first-order valence-corrected chi connectivity index (χ1v) is 9.08. The van der Waals surface area contributed by atoms with Gasteiger partial charge in [0.2, 0.25) is 0 Å². The lowest BCUT2D eigenvalue weighted by molar-refractivity contribution is -0.0834. The lowest BCUT2D eigenvalue weighted by Gasteiger charge is -2.40. The molecule has 2 N–H and O–H groups in total. The van der Waals surface area contributed by atoms with Gasteiger partial charge < -0.3 is 15.2 Å². The number of nitrogens with two attached hydrogens (primary N) is 1. The topological polar surface area (TPSA) is 44.5 Å². The molecule has 0 aromatic heterocycles. The molecule has 0 radical (unpaired) electrons. The van der Waals surface area contributed by atoms with Crippen LogP contribution in [0.5, 0.6) is 5.75 Å². The van der Waals surface area contributed by atoms with Gasteiger partial charge in [-0.25, -0.2) is 0 Å². The van der Waals surface area contributed by atoms with Gasteiger partial charge in [-0.3, -0.25) is 0 Å². The molecule has 2 fully saturated rings. The first-order chi connectivity index (χ1) is 10.2. The molecule has 3 rings (SSSR count). The third-order valence-electron chi connectivity index (χ3n) is 4.68. The summed E-state index contributed by atoms with van der Waals surface area (Å²) in [5.41, 5.74) is 7.86. The highest BCUT2D eigenvalue weighted by Gasteiger charge is 2.42. The lowest BCUT2D eigenvalue weighted by Crippen LogP contribution is -2.42. The van der Waals surface area contributed by atoms with E-state index in [4.69, 9.17) is 15.2 Å². The Hall–Kier alpha value is -0.710. The van der Waals surface area contributed by atoms with E-state index in [0.29, 0.717) is 12.5 Å². The van der Waals surface area contributed by atoms with E-state index in [0.717, 1.165) is 31.0 Å². The Labute approximate surface area is 131 Å². The van der Waals surface area contributed by atoms with Gasteiger partial charge in [-0.15, -0.1) is 0 Å². The number of benzene rings is 1. The molecule has 2 aliphatic rings. The van der Waals surface area contributed by atoms with Gasteiger partial charge in [0.1, 0.15) is 5.75 Å². The smallest absolute Gasteiger partial charge is 0.119 e. The highest BCUT2D eigenvalue weighted by Crippen LogP contribution is 2.43. The third kappa shape index (κ3) is 3.38. The van der Waals surface area contributed by atoms with E-state index in [9.17, 15) is 0 Å². The second-order valence-electron chi connectivity index (χ2n) is 6.11. The summed E-state index contributed by atoms with van der Waals surface area (Å²) in [4.78, 5) is 0.